The zero-order chi connectivity index (χ0) is 49.2. The molecule has 398 valence electrons. The summed E-state index contributed by atoms with van der Waals surface area (Å²) >= 11 is 0. The Morgan fingerprint density at radius 1 is 0.338 bits per heavy atom. The van der Waals surface area contributed by atoms with Gasteiger partial charge in [-0.05, 0) is 57.8 Å². The fourth-order valence-corrected chi connectivity index (χ4v) is 8.92. The molecular weight excluding hydrogens is 837 g/mol. The van der Waals surface area contributed by atoms with E-state index >= 15 is 0 Å². The van der Waals surface area contributed by atoms with Crippen LogP contribution in [0.2, 0.25) is 0 Å². The van der Waals surface area contributed by atoms with Crippen molar-refractivity contribution >= 4 is 11.9 Å². The lowest BCUT2D eigenvalue weighted by atomic mass is 10.0. The minimum absolute atomic E-state index is 0.0832. The largest absolute Gasteiger partial charge is 0.462 e. The number of rotatable bonds is 56. The molecule has 0 N–H and O–H groups in total. The summed E-state index contributed by atoms with van der Waals surface area (Å²) < 4.78 is 17.5. The van der Waals surface area contributed by atoms with Crippen LogP contribution in [0.25, 0.3) is 0 Å². The van der Waals surface area contributed by atoms with E-state index in [2.05, 4.69) is 69.4 Å². The molecule has 0 saturated heterocycles. The lowest BCUT2D eigenvalue weighted by molar-refractivity contribution is -0.163. The first-order chi connectivity index (χ1) is 33.6. The van der Waals surface area contributed by atoms with E-state index in [0.717, 1.165) is 70.6 Å². The Hall–Kier alpha value is -2.14. The predicted octanol–water partition coefficient (Wildman–Crippen LogP) is 20.7. The molecule has 0 heterocycles. The number of allylic oxidation sites excluding steroid dienone is 8. The van der Waals surface area contributed by atoms with Gasteiger partial charge in [-0.3, -0.25) is 9.59 Å². The summed E-state index contributed by atoms with van der Waals surface area (Å²) in [4.78, 5) is 25.6. The minimum Gasteiger partial charge on any atom is -0.462 e. The van der Waals surface area contributed by atoms with E-state index in [9.17, 15) is 9.59 Å². The fourth-order valence-electron chi connectivity index (χ4n) is 8.92. The van der Waals surface area contributed by atoms with Crippen LogP contribution in [-0.2, 0) is 23.8 Å². The zero-order valence-corrected chi connectivity index (χ0v) is 45.9. The molecule has 0 aromatic rings. The Morgan fingerprint density at radius 2 is 0.662 bits per heavy atom. The summed E-state index contributed by atoms with van der Waals surface area (Å²) in [5, 5.41) is 0. The molecule has 1 atom stereocenters. The maximum atomic E-state index is 12.9. The van der Waals surface area contributed by atoms with Crippen molar-refractivity contribution in [1.29, 1.82) is 0 Å². The third-order valence-corrected chi connectivity index (χ3v) is 13.4. The first kappa shape index (κ1) is 65.9. The summed E-state index contributed by atoms with van der Waals surface area (Å²) in [6, 6.07) is 0. The van der Waals surface area contributed by atoms with Gasteiger partial charge in [0.25, 0.3) is 0 Å². The van der Waals surface area contributed by atoms with E-state index in [0.29, 0.717) is 19.4 Å². The van der Waals surface area contributed by atoms with Crippen LogP contribution < -0.4 is 0 Å². The first-order valence-corrected chi connectivity index (χ1v) is 30.2. The molecule has 0 amide bonds. The van der Waals surface area contributed by atoms with Crippen LogP contribution in [-0.4, -0.2) is 37.9 Å². The van der Waals surface area contributed by atoms with Gasteiger partial charge in [-0.15, -0.1) is 0 Å². The van der Waals surface area contributed by atoms with Gasteiger partial charge >= 0.3 is 11.9 Å². The summed E-state index contributed by atoms with van der Waals surface area (Å²) in [6.45, 7) is 7.77. The topological polar surface area (TPSA) is 61.8 Å². The number of hydrogen-bond donors (Lipinski definition) is 0. The zero-order valence-electron chi connectivity index (χ0n) is 45.9. The normalized spacial score (nSPS) is 12.5. The van der Waals surface area contributed by atoms with Crippen molar-refractivity contribution < 1.29 is 23.8 Å². The van der Waals surface area contributed by atoms with Crippen LogP contribution >= 0.6 is 0 Å². The molecule has 0 radical (unpaired) electrons. The van der Waals surface area contributed by atoms with Gasteiger partial charge in [0.05, 0.1) is 6.61 Å². The van der Waals surface area contributed by atoms with Crippen molar-refractivity contribution in [2.75, 3.05) is 19.8 Å². The van der Waals surface area contributed by atoms with Gasteiger partial charge in [0.1, 0.15) is 6.61 Å². The van der Waals surface area contributed by atoms with E-state index in [1.165, 1.54) is 212 Å². The monoisotopic (exact) mass is 953 g/mol. The molecule has 0 aliphatic heterocycles. The highest BCUT2D eigenvalue weighted by Gasteiger charge is 2.17. The Balaban J connectivity index is 4.25. The predicted molar refractivity (Wildman–Crippen MR) is 298 cm³/mol. The molecule has 5 nitrogen and oxygen atoms in total. The highest BCUT2D eigenvalue weighted by atomic mass is 16.6. The highest BCUT2D eigenvalue weighted by Crippen LogP contribution is 2.17. The summed E-state index contributed by atoms with van der Waals surface area (Å²) in [7, 11) is 0. The maximum Gasteiger partial charge on any atom is 0.306 e. The van der Waals surface area contributed by atoms with Gasteiger partial charge in [0.15, 0.2) is 6.10 Å². The maximum absolute atomic E-state index is 12.9. The van der Waals surface area contributed by atoms with E-state index in [4.69, 9.17) is 14.2 Å². The van der Waals surface area contributed by atoms with E-state index in [-0.39, 0.29) is 25.2 Å². The number of hydrogen-bond acceptors (Lipinski definition) is 5. The van der Waals surface area contributed by atoms with Crippen molar-refractivity contribution in [1.82, 2.24) is 0 Å². The van der Waals surface area contributed by atoms with Crippen molar-refractivity contribution in [3.05, 3.63) is 48.6 Å². The second-order valence-electron chi connectivity index (χ2n) is 20.2. The van der Waals surface area contributed by atoms with E-state index in [1.54, 1.807) is 0 Å². The molecule has 0 aromatic carbocycles. The Morgan fingerprint density at radius 3 is 1.06 bits per heavy atom. The molecule has 0 rings (SSSR count). The molecule has 5 heteroatoms. The van der Waals surface area contributed by atoms with Gasteiger partial charge in [0.2, 0.25) is 0 Å². The van der Waals surface area contributed by atoms with Crippen molar-refractivity contribution in [2.24, 2.45) is 0 Å². The smallest absolute Gasteiger partial charge is 0.306 e. The molecule has 0 spiro atoms. The van der Waals surface area contributed by atoms with Crippen LogP contribution in [0.3, 0.4) is 0 Å². The van der Waals surface area contributed by atoms with Crippen molar-refractivity contribution in [3.8, 4) is 0 Å². The van der Waals surface area contributed by atoms with Gasteiger partial charge in [0, 0.05) is 19.4 Å². The molecule has 68 heavy (non-hydrogen) atoms. The number of esters is 2. The number of unbranched alkanes of at least 4 members (excludes halogenated alkanes) is 37. The van der Waals surface area contributed by atoms with Crippen molar-refractivity contribution in [2.45, 2.75) is 322 Å². The van der Waals surface area contributed by atoms with E-state index in [1.807, 2.05) is 0 Å². The van der Waals surface area contributed by atoms with Gasteiger partial charge in [-0.25, -0.2) is 0 Å². The van der Waals surface area contributed by atoms with Crippen LogP contribution in [0, 0.1) is 0 Å². The lowest BCUT2D eigenvalue weighted by Gasteiger charge is -2.18. The molecule has 0 aromatic heterocycles. The third-order valence-electron chi connectivity index (χ3n) is 13.4. The summed E-state index contributed by atoms with van der Waals surface area (Å²) in [6.07, 6.45) is 74.2. The second kappa shape index (κ2) is 59.2. The second-order valence-corrected chi connectivity index (χ2v) is 20.2. The standard InChI is InChI=1S/C63H116O5/c1-4-7-10-13-16-19-22-25-28-31-32-34-35-38-41-44-47-50-53-56-62(64)67-60-61(59-66-58-55-52-49-46-43-40-37-30-27-24-21-18-15-12-9-6-3)68-63(65)57-54-51-48-45-42-39-36-33-29-26-23-20-17-14-11-8-5-2/h7,10,16,19,25,28,32,34,61H,4-6,8-9,11-15,17-18,20-24,26-27,29-31,33,35-60H2,1-3H3/b10-7-,19-16-,28-25-,34-32-. The molecule has 0 saturated carbocycles. The summed E-state index contributed by atoms with van der Waals surface area (Å²) in [5.41, 5.74) is 0. The Labute approximate surface area is 424 Å². The number of carbonyl (C=O) groups is 2. The average molecular weight is 954 g/mol. The average Bonchev–Trinajstić information content (AvgIpc) is 3.34. The van der Waals surface area contributed by atoms with Crippen LogP contribution in [0.4, 0.5) is 0 Å². The molecule has 0 aliphatic rings. The number of carbonyl (C=O) groups excluding carboxylic acids is 2. The fraction of sp³-hybridized carbons (Fsp3) is 0.841. The van der Waals surface area contributed by atoms with Crippen LogP contribution in [0.5, 0.6) is 0 Å². The van der Waals surface area contributed by atoms with Crippen LogP contribution in [0.1, 0.15) is 316 Å². The number of ether oxygens (including phenoxy) is 3. The van der Waals surface area contributed by atoms with Gasteiger partial charge in [-0.1, -0.05) is 294 Å². The van der Waals surface area contributed by atoms with Gasteiger partial charge in [-0.2, -0.15) is 0 Å². The van der Waals surface area contributed by atoms with Gasteiger partial charge < -0.3 is 14.2 Å². The molecule has 0 fully saturated rings. The molecule has 1 unspecified atom stereocenters. The van der Waals surface area contributed by atoms with E-state index < -0.39 is 6.10 Å². The molecular formula is C63H116O5. The van der Waals surface area contributed by atoms with Crippen molar-refractivity contribution in [3.63, 3.8) is 0 Å². The SMILES string of the molecule is CC/C=C\C/C=C\C/C=C\C/C=C\CCCCCCCCC(=O)OCC(COCCCCCCCCCCCCCCCCCC)OC(=O)CCCCCCCCCCCCCCCCCCC. The Kier molecular flexibility index (Phi) is 57.3. The third kappa shape index (κ3) is 56.4. The quantitative estimate of drug-likeness (QED) is 0.0345. The van der Waals surface area contributed by atoms with Crippen LogP contribution in [0.15, 0.2) is 48.6 Å². The lowest BCUT2D eigenvalue weighted by Crippen LogP contribution is -2.30. The Bertz CT molecular complexity index is 1120. The molecule has 0 aliphatic carbocycles. The first-order valence-electron chi connectivity index (χ1n) is 30.2. The highest BCUT2D eigenvalue weighted by molar-refractivity contribution is 5.70. The minimum atomic E-state index is -0.538. The molecule has 0 bridgehead atoms. The summed E-state index contributed by atoms with van der Waals surface area (Å²) in [5.74, 6) is -0.392.